The van der Waals surface area contributed by atoms with Crippen LogP contribution in [0.1, 0.15) is 41.6 Å². The fourth-order valence-electron chi connectivity index (χ4n) is 4.38. The monoisotopic (exact) mass is 516 g/mol. The molecule has 2 aromatic carbocycles. The molecule has 1 amide bonds. The highest BCUT2D eigenvalue weighted by molar-refractivity contribution is 6.31. The largest absolute Gasteiger partial charge is 0.503 e. The van der Waals surface area contributed by atoms with Crippen molar-refractivity contribution in [1.82, 2.24) is 9.88 Å². The van der Waals surface area contributed by atoms with Crippen molar-refractivity contribution in [2.45, 2.75) is 26.4 Å². The molecule has 1 N–H and O–H groups in total. The van der Waals surface area contributed by atoms with Crippen LogP contribution in [0.4, 0.5) is 0 Å². The molecular formula is C29H25ClN2O5. The van der Waals surface area contributed by atoms with Gasteiger partial charge in [0.05, 0.1) is 18.2 Å². The zero-order chi connectivity index (χ0) is 26.1. The van der Waals surface area contributed by atoms with E-state index >= 15 is 0 Å². The Morgan fingerprint density at radius 3 is 2.68 bits per heavy atom. The van der Waals surface area contributed by atoms with Gasteiger partial charge in [0.15, 0.2) is 11.5 Å². The molecule has 188 valence electrons. The van der Waals surface area contributed by atoms with Gasteiger partial charge in [0.2, 0.25) is 5.78 Å². The highest BCUT2D eigenvalue weighted by atomic mass is 35.5. The first-order valence-corrected chi connectivity index (χ1v) is 12.3. The van der Waals surface area contributed by atoms with Gasteiger partial charge in [-0.25, -0.2) is 0 Å². The van der Waals surface area contributed by atoms with Gasteiger partial charge < -0.3 is 19.2 Å². The molecule has 37 heavy (non-hydrogen) atoms. The standard InChI is InChI=1S/C29H25ClN2O5/c1-17(2)16-36-22-5-3-4-19(13-22)26-25(27(33)24-14-20-12-21(30)6-7-23(20)37-24)28(34)29(35)32(26)15-18-8-10-31-11-9-18/h3-14,17,26,34H,15-16H2,1-2H3. The number of aromatic nitrogens is 1. The van der Waals surface area contributed by atoms with Crippen LogP contribution >= 0.6 is 11.6 Å². The molecule has 0 aliphatic carbocycles. The number of ketones is 1. The van der Waals surface area contributed by atoms with Crippen molar-refractivity contribution in [3.8, 4) is 5.75 Å². The molecule has 5 rings (SSSR count). The Labute approximate surface area is 218 Å². The topological polar surface area (TPSA) is 92.9 Å². The molecular weight excluding hydrogens is 492 g/mol. The summed E-state index contributed by atoms with van der Waals surface area (Å²) in [4.78, 5) is 32.6. The Morgan fingerprint density at radius 1 is 1.14 bits per heavy atom. The van der Waals surface area contributed by atoms with E-state index in [1.54, 1.807) is 60.9 Å². The second-order valence-corrected chi connectivity index (χ2v) is 9.79. The Morgan fingerprint density at radius 2 is 1.92 bits per heavy atom. The zero-order valence-electron chi connectivity index (χ0n) is 20.3. The SMILES string of the molecule is CC(C)COc1cccc(C2C(C(=O)c3cc4cc(Cl)ccc4o3)=C(O)C(=O)N2Cc2ccncc2)c1. The van der Waals surface area contributed by atoms with E-state index < -0.39 is 23.5 Å². The third kappa shape index (κ3) is 4.95. The van der Waals surface area contributed by atoms with Gasteiger partial charge in [-0.05, 0) is 65.6 Å². The number of carbonyl (C=O) groups is 2. The summed E-state index contributed by atoms with van der Waals surface area (Å²) in [6, 6.07) is 16.5. The van der Waals surface area contributed by atoms with Crippen LogP contribution < -0.4 is 4.74 Å². The molecule has 1 aliphatic heterocycles. The number of halogens is 1. The van der Waals surface area contributed by atoms with Gasteiger partial charge in [0.1, 0.15) is 11.3 Å². The molecule has 0 spiro atoms. The molecule has 2 aromatic heterocycles. The van der Waals surface area contributed by atoms with Gasteiger partial charge in [-0.15, -0.1) is 0 Å². The van der Waals surface area contributed by atoms with Crippen LogP contribution in [0, 0.1) is 5.92 Å². The summed E-state index contributed by atoms with van der Waals surface area (Å²) in [6.45, 7) is 4.78. The lowest BCUT2D eigenvalue weighted by Gasteiger charge is -2.27. The van der Waals surface area contributed by atoms with Gasteiger partial charge in [0, 0.05) is 29.3 Å². The molecule has 1 atom stereocenters. The molecule has 8 heteroatoms. The average Bonchev–Trinajstić information content (AvgIpc) is 3.42. The fraction of sp³-hybridized carbons (Fsp3) is 0.207. The number of benzene rings is 2. The number of pyridine rings is 1. The summed E-state index contributed by atoms with van der Waals surface area (Å²) in [7, 11) is 0. The third-order valence-electron chi connectivity index (χ3n) is 6.11. The number of nitrogens with zero attached hydrogens (tertiary/aromatic N) is 2. The van der Waals surface area contributed by atoms with E-state index in [0.29, 0.717) is 39.8 Å². The zero-order valence-corrected chi connectivity index (χ0v) is 21.1. The summed E-state index contributed by atoms with van der Waals surface area (Å²) in [5.74, 6) is -0.876. The number of fused-ring (bicyclic) bond motifs is 1. The Bertz CT molecular complexity index is 1510. The van der Waals surface area contributed by atoms with Crippen molar-refractivity contribution in [3.63, 3.8) is 0 Å². The number of ether oxygens (including phenoxy) is 1. The highest BCUT2D eigenvalue weighted by Crippen LogP contribution is 2.41. The van der Waals surface area contributed by atoms with Crippen molar-refractivity contribution in [1.29, 1.82) is 0 Å². The maximum atomic E-state index is 13.8. The average molecular weight is 517 g/mol. The number of rotatable bonds is 8. The van der Waals surface area contributed by atoms with Gasteiger partial charge in [-0.3, -0.25) is 14.6 Å². The molecule has 0 bridgehead atoms. The van der Waals surface area contributed by atoms with E-state index in [9.17, 15) is 14.7 Å². The number of Topliss-reactive ketones (excluding diaryl/α,β-unsaturated/α-hetero) is 1. The van der Waals surface area contributed by atoms with Crippen molar-refractivity contribution in [3.05, 3.63) is 106 Å². The molecule has 1 unspecified atom stereocenters. The molecule has 7 nitrogen and oxygen atoms in total. The maximum absolute atomic E-state index is 13.8. The first-order valence-electron chi connectivity index (χ1n) is 11.9. The van der Waals surface area contributed by atoms with Gasteiger partial charge >= 0.3 is 0 Å². The van der Waals surface area contributed by atoms with Gasteiger partial charge in [-0.1, -0.05) is 37.6 Å². The minimum absolute atomic E-state index is 0.00888. The number of hydrogen-bond acceptors (Lipinski definition) is 6. The van der Waals surface area contributed by atoms with Crippen molar-refractivity contribution in [2.24, 2.45) is 5.92 Å². The van der Waals surface area contributed by atoms with Crippen molar-refractivity contribution < 1.29 is 23.8 Å². The highest BCUT2D eigenvalue weighted by Gasteiger charge is 2.44. The first-order chi connectivity index (χ1) is 17.8. The number of aliphatic hydroxyl groups excluding tert-OH is 1. The fourth-order valence-corrected chi connectivity index (χ4v) is 4.56. The number of amides is 1. The minimum Gasteiger partial charge on any atom is -0.503 e. The van der Waals surface area contributed by atoms with E-state index in [0.717, 1.165) is 5.56 Å². The molecule has 0 fully saturated rings. The van der Waals surface area contributed by atoms with E-state index in [1.807, 2.05) is 26.0 Å². The van der Waals surface area contributed by atoms with Crippen LogP contribution in [0.15, 0.2) is 88.8 Å². The predicted octanol–water partition coefficient (Wildman–Crippen LogP) is 6.29. The molecule has 0 saturated heterocycles. The smallest absolute Gasteiger partial charge is 0.290 e. The van der Waals surface area contributed by atoms with Crippen molar-refractivity contribution >= 4 is 34.3 Å². The van der Waals surface area contributed by atoms with Crippen LogP contribution in [0.5, 0.6) is 5.75 Å². The Hall–Kier alpha value is -4.10. The second-order valence-electron chi connectivity index (χ2n) is 9.35. The van der Waals surface area contributed by atoms with Crippen molar-refractivity contribution in [2.75, 3.05) is 6.61 Å². The summed E-state index contributed by atoms with van der Waals surface area (Å²) in [5, 5.41) is 12.1. The molecule has 3 heterocycles. The number of furan rings is 1. The molecule has 0 radical (unpaired) electrons. The van der Waals surface area contributed by atoms with E-state index in [-0.39, 0.29) is 17.9 Å². The van der Waals surface area contributed by atoms with Gasteiger partial charge in [-0.2, -0.15) is 0 Å². The number of aliphatic hydroxyl groups is 1. The van der Waals surface area contributed by atoms with E-state index in [1.165, 1.54) is 4.90 Å². The maximum Gasteiger partial charge on any atom is 0.290 e. The lowest BCUT2D eigenvalue weighted by atomic mass is 9.94. The van der Waals surface area contributed by atoms with Crippen LogP contribution in [-0.4, -0.2) is 33.3 Å². The number of hydrogen-bond donors (Lipinski definition) is 1. The number of carbonyl (C=O) groups excluding carboxylic acids is 2. The lowest BCUT2D eigenvalue weighted by Crippen LogP contribution is -2.30. The predicted molar refractivity (Wildman–Crippen MR) is 140 cm³/mol. The molecule has 1 aliphatic rings. The summed E-state index contributed by atoms with van der Waals surface area (Å²) >= 11 is 6.09. The van der Waals surface area contributed by atoms with Crippen LogP contribution in [-0.2, 0) is 11.3 Å². The third-order valence-corrected chi connectivity index (χ3v) is 6.34. The van der Waals surface area contributed by atoms with E-state index in [4.69, 9.17) is 20.8 Å². The summed E-state index contributed by atoms with van der Waals surface area (Å²) in [6.07, 6.45) is 3.26. The molecule has 4 aromatic rings. The molecule has 0 saturated carbocycles. The minimum atomic E-state index is -0.854. The normalized spacial score (nSPS) is 15.7. The van der Waals surface area contributed by atoms with Gasteiger partial charge in [0.25, 0.3) is 5.91 Å². The first kappa shape index (κ1) is 24.6. The van der Waals surface area contributed by atoms with Crippen LogP contribution in [0.25, 0.3) is 11.0 Å². The quantitative estimate of drug-likeness (QED) is 0.276. The van der Waals surface area contributed by atoms with Crippen LogP contribution in [0.2, 0.25) is 5.02 Å². The Kier molecular flexibility index (Phi) is 6.72. The lowest BCUT2D eigenvalue weighted by molar-refractivity contribution is -0.130. The van der Waals surface area contributed by atoms with Crippen LogP contribution in [0.3, 0.4) is 0 Å². The Balaban J connectivity index is 1.58. The summed E-state index contributed by atoms with van der Waals surface area (Å²) < 4.78 is 11.7. The second kappa shape index (κ2) is 10.1. The van der Waals surface area contributed by atoms with E-state index in [2.05, 4.69) is 4.98 Å². The summed E-state index contributed by atoms with van der Waals surface area (Å²) in [5.41, 5.74) is 1.87.